The molecule has 1 aliphatic rings. The van der Waals surface area contributed by atoms with Crippen LogP contribution in [0.3, 0.4) is 0 Å². The second kappa shape index (κ2) is 3.13. The Balaban J connectivity index is 2.47. The van der Waals surface area contributed by atoms with E-state index in [-0.39, 0.29) is 6.54 Å². The first-order chi connectivity index (χ1) is 5.70. The first-order valence-corrected chi connectivity index (χ1v) is 4.18. The maximum Gasteiger partial charge on any atom is 0.406 e. The van der Waals surface area contributed by atoms with Gasteiger partial charge in [-0.3, -0.25) is 0 Å². The molecule has 1 rings (SSSR count). The van der Waals surface area contributed by atoms with E-state index in [2.05, 4.69) is 5.32 Å². The van der Waals surface area contributed by atoms with Crippen molar-refractivity contribution in [1.82, 2.24) is 5.32 Å². The van der Waals surface area contributed by atoms with Crippen molar-refractivity contribution >= 4 is 0 Å². The number of hydrogen-bond donors (Lipinski definition) is 1. The molecule has 0 radical (unpaired) electrons. The summed E-state index contributed by atoms with van der Waals surface area (Å²) in [6.45, 7) is 5.53. The molecule has 0 bridgehead atoms. The van der Waals surface area contributed by atoms with Crippen molar-refractivity contribution in [3.05, 3.63) is 0 Å². The van der Waals surface area contributed by atoms with Gasteiger partial charge in [0, 0.05) is 6.54 Å². The summed E-state index contributed by atoms with van der Waals surface area (Å²) in [6.07, 6.45) is -4.94. The van der Waals surface area contributed by atoms with Crippen LogP contribution in [0, 0.1) is 0 Å². The van der Waals surface area contributed by atoms with Crippen molar-refractivity contribution in [3.8, 4) is 0 Å². The van der Waals surface area contributed by atoms with Crippen LogP contribution in [0.25, 0.3) is 0 Å². The van der Waals surface area contributed by atoms with E-state index in [0.29, 0.717) is 0 Å². The lowest BCUT2D eigenvalue weighted by Crippen LogP contribution is -2.66. The van der Waals surface area contributed by atoms with Gasteiger partial charge in [0.25, 0.3) is 0 Å². The summed E-state index contributed by atoms with van der Waals surface area (Å²) in [4.78, 5) is 0. The van der Waals surface area contributed by atoms with Gasteiger partial charge in [0.2, 0.25) is 0 Å². The van der Waals surface area contributed by atoms with Gasteiger partial charge in [-0.15, -0.1) is 0 Å². The van der Waals surface area contributed by atoms with Crippen molar-refractivity contribution in [1.29, 1.82) is 0 Å². The molecule has 0 spiro atoms. The van der Waals surface area contributed by atoms with Crippen molar-refractivity contribution in [2.45, 2.75) is 44.7 Å². The Hall–Kier alpha value is -0.290. The van der Waals surface area contributed by atoms with Crippen LogP contribution in [0.4, 0.5) is 13.2 Å². The minimum absolute atomic E-state index is 0.279. The largest absolute Gasteiger partial charge is 0.406 e. The number of hydrogen-bond acceptors (Lipinski definition) is 2. The Morgan fingerprint density at radius 3 is 2.00 bits per heavy atom. The smallest absolute Gasteiger partial charge is 0.369 e. The highest BCUT2D eigenvalue weighted by Gasteiger charge is 2.51. The molecule has 0 unspecified atom stereocenters. The Labute approximate surface area is 75.4 Å². The molecule has 0 aromatic carbocycles. The monoisotopic (exact) mass is 197 g/mol. The van der Waals surface area contributed by atoms with E-state index in [9.17, 15) is 13.2 Å². The maximum atomic E-state index is 12.2. The number of ether oxygens (including phenoxy) is 1. The SMILES string of the molecule is CC(C)(C)O[C@@H]1CN[C@@H]1C(F)(F)F. The molecule has 2 atom stereocenters. The van der Waals surface area contributed by atoms with E-state index in [1.54, 1.807) is 20.8 Å². The summed E-state index contributed by atoms with van der Waals surface area (Å²) in [5.74, 6) is 0. The molecule has 2 nitrogen and oxygen atoms in total. The van der Waals surface area contributed by atoms with Crippen molar-refractivity contribution in [2.75, 3.05) is 6.54 Å². The molecule has 1 aliphatic heterocycles. The van der Waals surface area contributed by atoms with Crippen LogP contribution < -0.4 is 5.32 Å². The second-order valence-electron chi connectivity index (χ2n) is 4.20. The van der Waals surface area contributed by atoms with Gasteiger partial charge in [0.1, 0.15) is 6.04 Å². The average Bonchev–Trinajstić information content (AvgIpc) is 1.73. The third kappa shape index (κ3) is 2.84. The topological polar surface area (TPSA) is 21.3 Å². The van der Waals surface area contributed by atoms with Crippen LogP contribution in [0.15, 0.2) is 0 Å². The van der Waals surface area contributed by atoms with Crippen LogP contribution in [0.5, 0.6) is 0 Å². The summed E-state index contributed by atoms with van der Waals surface area (Å²) >= 11 is 0. The summed E-state index contributed by atoms with van der Waals surface area (Å²) in [5.41, 5.74) is -0.518. The third-order valence-electron chi connectivity index (χ3n) is 1.77. The highest BCUT2D eigenvalue weighted by Crippen LogP contribution is 2.30. The third-order valence-corrected chi connectivity index (χ3v) is 1.77. The first kappa shape index (κ1) is 10.8. The van der Waals surface area contributed by atoms with Gasteiger partial charge in [-0.2, -0.15) is 13.2 Å². The van der Waals surface area contributed by atoms with Gasteiger partial charge in [-0.1, -0.05) is 0 Å². The van der Waals surface area contributed by atoms with Crippen molar-refractivity contribution < 1.29 is 17.9 Å². The van der Waals surface area contributed by atoms with E-state index in [0.717, 1.165) is 0 Å². The standard InChI is InChI=1S/C8H14F3NO/c1-7(2,3)13-5-4-12-6(5)8(9,10)11/h5-6,12H,4H2,1-3H3/t5-,6+/m1/s1. The van der Waals surface area contributed by atoms with Gasteiger partial charge < -0.3 is 10.1 Å². The Kier molecular flexibility index (Phi) is 2.60. The van der Waals surface area contributed by atoms with Gasteiger partial charge in [0.15, 0.2) is 0 Å². The lowest BCUT2D eigenvalue weighted by Gasteiger charge is -2.42. The highest BCUT2D eigenvalue weighted by molar-refractivity contribution is 4.95. The van der Waals surface area contributed by atoms with Crippen molar-refractivity contribution in [3.63, 3.8) is 0 Å². The normalized spacial score (nSPS) is 30.0. The summed E-state index contributed by atoms with van der Waals surface area (Å²) in [6, 6.07) is -1.49. The Morgan fingerprint density at radius 2 is 1.77 bits per heavy atom. The molecule has 1 saturated heterocycles. The minimum Gasteiger partial charge on any atom is -0.369 e. The molecule has 0 aromatic heterocycles. The molecule has 5 heteroatoms. The molecule has 0 saturated carbocycles. The molecule has 0 aliphatic carbocycles. The van der Waals surface area contributed by atoms with Crippen LogP contribution in [0.1, 0.15) is 20.8 Å². The van der Waals surface area contributed by atoms with E-state index in [1.165, 1.54) is 0 Å². The zero-order valence-electron chi connectivity index (χ0n) is 7.90. The second-order valence-corrected chi connectivity index (χ2v) is 4.20. The van der Waals surface area contributed by atoms with Gasteiger partial charge >= 0.3 is 6.18 Å². The van der Waals surface area contributed by atoms with Gasteiger partial charge in [-0.05, 0) is 20.8 Å². The molecule has 0 amide bonds. The fraction of sp³-hybridized carbons (Fsp3) is 1.00. The zero-order chi connectivity index (χ0) is 10.3. The summed E-state index contributed by atoms with van der Waals surface area (Å²) in [7, 11) is 0. The predicted molar refractivity (Wildman–Crippen MR) is 42.5 cm³/mol. The van der Waals surface area contributed by atoms with E-state index in [4.69, 9.17) is 4.74 Å². The minimum atomic E-state index is -4.20. The van der Waals surface area contributed by atoms with E-state index >= 15 is 0 Å². The quantitative estimate of drug-likeness (QED) is 0.690. The number of nitrogens with one attached hydrogen (secondary N) is 1. The highest BCUT2D eigenvalue weighted by atomic mass is 19.4. The van der Waals surface area contributed by atoms with Crippen LogP contribution >= 0.6 is 0 Å². The number of rotatable bonds is 1. The average molecular weight is 197 g/mol. The first-order valence-electron chi connectivity index (χ1n) is 4.18. The van der Waals surface area contributed by atoms with Crippen LogP contribution in [0.2, 0.25) is 0 Å². The molecule has 1 fully saturated rings. The fourth-order valence-electron chi connectivity index (χ4n) is 1.22. The van der Waals surface area contributed by atoms with E-state index < -0.39 is 23.9 Å². The Bertz CT molecular complexity index is 185. The van der Waals surface area contributed by atoms with Crippen LogP contribution in [-0.4, -0.2) is 30.5 Å². The lowest BCUT2D eigenvalue weighted by atomic mass is 10.0. The molecule has 13 heavy (non-hydrogen) atoms. The zero-order valence-corrected chi connectivity index (χ0v) is 7.90. The molecule has 78 valence electrons. The lowest BCUT2D eigenvalue weighted by molar-refractivity contribution is -0.224. The summed E-state index contributed by atoms with van der Waals surface area (Å²) in [5, 5.41) is 2.31. The Morgan fingerprint density at radius 1 is 1.23 bits per heavy atom. The number of halogens is 3. The molecule has 1 heterocycles. The van der Waals surface area contributed by atoms with Crippen LogP contribution in [-0.2, 0) is 4.74 Å². The summed E-state index contributed by atoms with van der Waals surface area (Å²) < 4.78 is 41.8. The van der Waals surface area contributed by atoms with Gasteiger partial charge in [0.05, 0.1) is 11.7 Å². The molecule has 1 N–H and O–H groups in total. The number of alkyl halides is 3. The van der Waals surface area contributed by atoms with E-state index in [1.807, 2.05) is 0 Å². The molecular formula is C8H14F3NO. The maximum absolute atomic E-state index is 12.2. The fourth-order valence-corrected chi connectivity index (χ4v) is 1.22. The molecule has 0 aromatic rings. The van der Waals surface area contributed by atoms with Crippen molar-refractivity contribution in [2.24, 2.45) is 0 Å². The predicted octanol–water partition coefficient (Wildman–Crippen LogP) is 1.70. The molecular weight excluding hydrogens is 183 g/mol. The van der Waals surface area contributed by atoms with Gasteiger partial charge in [-0.25, -0.2) is 0 Å².